The van der Waals surface area contributed by atoms with Crippen LogP contribution in [-0.2, 0) is 12.8 Å². The molecule has 0 bridgehead atoms. The fraction of sp³-hybridized carbons (Fsp3) is 0.444. The molecular formula is C9H12N2OS. The van der Waals surface area contributed by atoms with E-state index < -0.39 is 6.03 Å². The summed E-state index contributed by atoms with van der Waals surface area (Å²) in [6, 6.07) is 1.57. The van der Waals surface area contributed by atoms with E-state index in [2.05, 4.69) is 5.32 Å². The van der Waals surface area contributed by atoms with Gasteiger partial charge in [0.15, 0.2) is 0 Å². The highest BCUT2D eigenvalue weighted by molar-refractivity contribution is 7.16. The summed E-state index contributed by atoms with van der Waals surface area (Å²) in [5, 5.41) is 3.51. The number of aryl methyl sites for hydroxylation is 2. The number of hydrogen-bond acceptors (Lipinski definition) is 2. The summed E-state index contributed by atoms with van der Waals surface area (Å²) in [4.78, 5) is 12.0. The van der Waals surface area contributed by atoms with Crippen LogP contribution in [0.15, 0.2) is 6.07 Å². The second-order valence-electron chi connectivity index (χ2n) is 3.26. The van der Waals surface area contributed by atoms with Crippen molar-refractivity contribution in [3.63, 3.8) is 0 Å². The molecule has 1 aliphatic carbocycles. The molecule has 4 heteroatoms. The summed E-state index contributed by atoms with van der Waals surface area (Å²) in [6.45, 7) is 0. The van der Waals surface area contributed by atoms with Crippen molar-refractivity contribution >= 4 is 22.4 Å². The lowest BCUT2D eigenvalue weighted by Gasteiger charge is -2.08. The van der Waals surface area contributed by atoms with Crippen molar-refractivity contribution in [1.82, 2.24) is 0 Å². The fourth-order valence-electron chi connectivity index (χ4n) is 1.67. The van der Waals surface area contributed by atoms with E-state index in [0.29, 0.717) is 0 Å². The molecule has 1 aromatic heterocycles. The molecule has 3 nitrogen and oxygen atoms in total. The van der Waals surface area contributed by atoms with Crippen LogP contribution in [0.1, 0.15) is 23.3 Å². The summed E-state index contributed by atoms with van der Waals surface area (Å²) in [6.07, 6.45) is 4.83. The van der Waals surface area contributed by atoms with E-state index >= 15 is 0 Å². The van der Waals surface area contributed by atoms with Crippen molar-refractivity contribution in [2.24, 2.45) is 5.73 Å². The summed E-state index contributed by atoms with van der Waals surface area (Å²) in [7, 11) is 0. The van der Waals surface area contributed by atoms with Crippen molar-refractivity contribution in [3.05, 3.63) is 16.5 Å². The van der Waals surface area contributed by atoms with Gasteiger partial charge in [0.25, 0.3) is 0 Å². The van der Waals surface area contributed by atoms with Gasteiger partial charge in [-0.05, 0) is 37.3 Å². The lowest BCUT2D eigenvalue weighted by atomic mass is 10.00. The number of rotatable bonds is 1. The van der Waals surface area contributed by atoms with Crippen LogP contribution in [0, 0.1) is 0 Å². The van der Waals surface area contributed by atoms with Gasteiger partial charge in [0.1, 0.15) is 0 Å². The maximum Gasteiger partial charge on any atom is 0.317 e. The predicted octanol–water partition coefficient (Wildman–Crippen LogP) is 2.12. The lowest BCUT2D eigenvalue weighted by Crippen LogP contribution is -2.18. The van der Waals surface area contributed by atoms with E-state index in [-0.39, 0.29) is 0 Å². The number of primary amides is 1. The zero-order valence-corrected chi connectivity index (χ0v) is 8.12. The number of nitrogens with two attached hydrogens (primary N) is 1. The van der Waals surface area contributed by atoms with Gasteiger partial charge in [-0.15, -0.1) is 11.3 Å². The van der Waals surface area contributed by atoms with Crippen LogP contribution >= 0.6 is 11.3 Å². The maximum absolute atomic E-state index is 10.6. The van der Waals surface area contributed by atoms with Crippen LogP contribution < -0.4 is 11.1 Å². The zero-order chi connectivity index (χ0) is 9.26. The van der Waals surface area contributed by atoms with Crippen LogP contribution in [0.5, 0.6) is 0 Å². The van der Waals surface area contributed by atoms with Crippen LogP contribution in [0.2, 0.25) is 0 Å². The molecule has 0 aromatic carbocycles. The number of carbonyl (C=O) groups excluding carboxylic acids is 1. The molecule has 0 saturated carbocycles. The van der Waals surface area contributed by atoms with Crippen molar-refractivity contribution in [1.29, 1.82) is 0 Å². The second-order valence-corrected chi connectivity index (χ2v) is 4.39. The molecule has 0 radical (unpaired) electrons. The third-order valence-electron chi connectivity index (χ3n) is 2.24. The summed E-state index contributed by atoms with van der Waals surface area (Å²) >= 11 is 1.65. The fourth-order valence-corrected chi connectivity index (χ4v) is 2.83. The average Bonchev–Trinajstić information content (AvgIpc) is 2.44. The van der Waals surface area contributed by atoms with Gasteiger partial charge in [0, 0.05) is 4.88 Å². The van der Waals surface area contributed by atoms with E-state index in [9.17, 15) is 4.79 Å². The normalized spacial score (nSPS) is 15.1. The van der Waals surface area contributed by atoms with Crippen molar-refractivity contribution < 1.29 is 4.79 Å². The first-order valence-corrected chi connectivity index (χ1v) is 5.25. The minimum Gasteiger partial charge on any atom is -0.351 e. The van der Waals surface area contributed by atoms with Gasteiger partial charge in [-0.3, -0.25) is 5.32 Å². The highest BCUT2D eigenvalue weighted by Gasteiger charge is 2.13. The molecule has 1 aromatic rings. The number of carbonyl (C=O) groups is 1. The monoisotopic (exact) mass is 196 g/mol. The number of amides is 2. The van der Waals surface area contributed by atoms with Gasteiger partial charge in [-0.25, -0.2) is 4.79 Å². The molecule has 0 spiro atoms. The lowest BCUT2D eigenvalue weighted by molar-refractivity contribution is 0.259. The standard InChI is InChI=1S/C9H12N2OS/c10-9(12)11-8-5-6-3-1-2-4-7(6)13-8/h5H,1-4H2,(H3,10,11,12). The number of anilines is 1. The van der Waals surface area contributed by atoms with E-state index in [4.69, 9.17) is 5.73 Å². The van der Waals surface area contributed by atoms with E-state index in [1.165, 1.54) is 23.3 Å². The Labute approximate surface area is 80.9 Å². The van der Waals surface area contributed by atoms with E-state index in [1.807, 2.05) is 6.07 Å². The van der Waals surface area contributed by atoms with Crippen LogP contribution in [-0.4, -0.2) is 6.03 Å². The Bertz CT molecular complexity index is 309. The van der Waals surface area contributed by atoms with Gasteiger partial charge in [0.05, 0.1) is 5.00 Å². The van der Waals surface area contributed by atoms with Crippen molar-refractivity contribution in [2.45, 2.75) is 25.7 Å². The molecule has 1 aliphatic rings. The molecule has 70 valence electrons. The smallest absolute Gasteiger partial charge is 0.317 e. The number of urea groups is 1. The topological polar surface area (TPSA) is 55.1 Å². The average molecular weight is 196 g/mol. The largest absolute Gasteiger partial charge is 0.351 e. The Morgan fingerprint density at radius 3 is 2.92 bits per heavy atom. The van der Waals surface area contributed by atoms with Gasteiger partial charge < -0.3 is 5.73 Å². The van der Waals surface area contributed by atoms with E-state index in [1.54, 1.807) is 11.3 Å². The Morgan fingerprint density at radius 2 is 2.23 bits per heavy atom. The summed E-state index contributed by atoms with van der Waals surface area (Å²) in [5.41, 5.74) is 6.43. The minimum absolute atomic E-state index is 0.474. The Kier molecular flexibility index (Phi) is 2.22. The van der Waals surface area contributed by atoms with Gasteiger partial charge in [-0.2, -0.15) is 0 Å². The zero-order valence-electron chi connectivity index (χ0n) is 7.30. The number of fused-ring (bicyclic) bond motifs is 1. The van der Waals surface area contributed by atoms with E-state index in [0.717, 1.165) is 17.8 Å². The highest BCUT2D eigenvalue weighted by Crippen LogP contribution is 2.32. The second kappa shape index (κ2) is 3.38. The molecule has 1 heterocycles. The SMILES string of the molecule is NC(=O)Nc1cc2c(s1)CCCC2. The van der Waals surface area contributed by atoms with Gasteiger partial charge >= 0.3 is 6.03 Å². The first-order valence-electron chi connectivity index (χ1n) is 4.44. The highest BCUT2D eigenvalue weighted by atomic mass is 32.1. The third kappa shape index (κ3) is 1.83. The molecule has 2 amide bonds. The maximum atomic E-state index is 10.6. The van der Waals surface area contributed by atoms with Gasteiger partial charge in [0.2, 0.25) is 0 Å². The third-order valence-corrected chi connectivity index (χ3v) is 3.40. The summed E-state index contributed by atoms with van der Waals surface area (Å²) in [5.74, 6) is 0. The molecule has 0 atom stereocenters. The molecule has 0 unspecified atom stereocenters. The van der Waals surface area contributed by atoms with Gasteiger partial charge in [-0.1, -0.05) is 0 Å². The number of nitrogens with one attached hydrogen (secondary N) is 1. The quantitative estimate of drug-likeness (QED) is 0.710. The molecule has 0 fully saturated rings. The number of thiophene rings is 1. The van der Waals surface area contributed by atoms with Crippen LogP contribution in [0.4, 0.5) is 9.80 Å². The predicted molar refractivity (Wildman–Crippen MR) is 54.2 cm³/mol. The van der Waals surface area contributed by atoms with Crippen LogP contribution in [0.3, 0.4) is 0 Å². The molecule has 3 N–H and O–H groups in total. The Morgan fingerprint density at radius 1 is 1.46 bits per heavy atom. The first-order chi connectivity index (χ1) is 6.25. The Hall–Kier alpha value is -1.03. The Balaban J connectivity index is 2.20. The molecular weight excluding hydrogens is 184 g/mol. The van der Waals surface area contributed by atoms with Crippen LogP contribution in [0.25, 0.3) is 0 Å². The molecule has 2 rings (SSSR count). The van der Waals surface area contributed by atoms with Crippen molar-refractivity contribution in [2.75, 3.05) is 5.32 Å². The van der Waals surface area contributed by atoms with Crippen molar-refractivity contribution in [3.8, 4) is 0 Å². The molecule has 13 heavy (non-hydrogen) atoms. The summed E-state index contributed by atoms with van der Waals surface area (Å²) < 4.78 is 0. The number of hydrogen-bond donors (Lipinski definition) is 2. The molecule has 0 saturated heterocycles. The first kappa shape index (κ1) is 8.56. The molecule has 0 aliphatic heterocycles. The minimum atomic E-state index is -0.474.